The average Bonchev–Trinajstić information content (AvgIpc) is 2.35. The number of benzene rings is 1. The molecular weight excluding hydrogens is 246 g/mol. The van der Waals surface area contributed by atoms with E-state index in [0.717, 1.165) is 5.56 Å². The van der Waals surface area contributed by atoms with Crippen LogP contribution in [0.2, 0.25) is 5.02 Å². The Morgan fingerprint density at radius 1 is 1.17 bits per heavy atom. The number of pyridine rings is 1. The van der Waals surface area contributed by atoms with Crippen LogP contribution in [0.25, 0.3) is 0 Å². The van der Waals surface area contributed by atoms with Gasteiger partial charge in [0.2, 0.25) is 0 Å². The highest BCUT2D eigenvalue weighted by molar-refractivity contribution is 6.31. The number of nitrogens with zero attached hydrogens (tertiary/aromatic N) is 1. The Labute approximate surface area is 112 Å². The minimum absolute atomic E-state index is 0.425. The van der Waals surface area contributed by atoms with E-state index in [-0.39, 0.29) is 0 Å². The Kier molecular flexibility index (Phi) is 4.34. The van der Waals surface area contributed by atoms with E-state index in [1.165, 1.54) is 11.1 Å². The number of hydrogen-bond donors (Lipinski definition) is 1. The first-order chi connectivity index (χ1) is 8.66. The molecule has 0 saturated heterocycles. The number of aliphatic hydroxyl groups is 1. The van der Waals surface area contributed by atoms with E-state index in [4.69, 9.17) is 11.6 Å². The van der Waals surface area contributed by atoms with Crippen LogP contribution in [0.5, 0.6) is 0 Å². The lowest BCUT2D eigenvalue weighted by Crippen LogP contribution is -2.15. The third kappa shape index (κ3) is 3.31. The molecule has 1 heterocycles. The molecule has 0 radical (unpaired) electrons. The zero-order valence-electron chi connectivity index (χ0n) is 10.3. The van der Waals surface area contributed by atoms with Gasteiger partial charge in [-0.3, -0.25) is 4.98 Å². The molecule has 1 atom stereocenters. The summed E-state index contributed by atoms with van der Waals surface area (Å²) in [5.74, 6) is 0. The molecular formula is C15H16ClNO. The fraction of sp³-hybridized carbons (Fsp3) is 0.267. The first-order valence-electron chi connectivity index (χ1n) is 5.98. The molecule has 0 aliphatic carbocycles. The lowest BCUT2D eigenvalue weighted by atomic mass is 9.99. The molecule has 1 N–H and O–H groups in total. The molecule has 0 saturated carbocycles. The van der Waals surface area contributed by atoms with Crippen molar-refractivity contribution in [2.75, 3.05) is 0 Å². The largest absolute Gasteiger partial charge is 0.392 e. The molecule has 2 nitrogen and oxygen atoms in total. The molecule has 0 aliphatic rings. The molecule has 0 fully saturated rings. The second-order valence-corrected chi connectivity index (χ2v) is 4.86. The zero-order chi connectivity index (χ0) is 13.0. The van der Waals surface area contributed by atoms with Crippen LogP contribution >= 0.6 is 11.6 Å². The quantitative estimate of drug-likeness (QED) is 0.917. The minimum atomic E-state index is -0.425. The van der Waals surface area contributed by atoms with Crippen molar-refractivity contribution in [3.63, 3.8) is 0 Å². The highest BCUT2D eigenvalue weighted by Gasteiger charge is 2.10. The Bertz CT molecular complexity index is 480. The van der Waals surface area contributed by atoms with Crippen molar-refractivity contribution in [2.24, 2.45) is 0 Å². The second kappa shape index (κ2) is 5.98. The summed E-state index contributed by atoms with van der Waals surface area (Å²) in [6, 6.07) is 9.96. The average molecular weight is 262 g/mol. The van der Waals surface area contributed by atoms with E-state index in [1.54, 1.807) is 12.4 Å². The third-order valence-electron chi connectivity index (χ3n) is 3.03. The molecule has 94 valence electrons. The maximum absolute atomic E-state index is 10.1. The highest BCUT2D eigenvalue weighted by Crippen LogP contribution is 2.17. The van der Waals surface area contributed by atoms with Gasteiger partial charge in [-0.25, -0.2) is 0 Å². The van der Waals surface area contributed by atoms with Gasteiger partial charge in [0.05, 0.1) is 11.1 Å². The van der Waals surface area contributed by atoms with E-state index in [1.807, 2.05) is 24.3 Å². The van der Waals surface area contributed by atoms with Gasteiger partial charge >= 0.3 is 0 Å². The number of aryl methyl sites for hydroxylation is 1. The summed E-state index contributed by atoms with van der Waals surface area (Å²) in [6.07, 6.45) is 4.08. The molecule has 1 aromatic carbocycles. The Hall–Kier alpha value is -1.38. The molecule has 0 aliphatic heterocycles. The molecule has 0 bridgehead atoms. The maximum Gasteiger partial charge on any atom is 0.0622 e. The van der Waals surface area contributed by atoms with Crippen LogP contribution in [0.15, 0.2) is 42.7 Å². The lowest BCUT2D eigenvalue weighted by molar-refractivity contribution is 0.175. The molecule has 18 heavy (non-hydrogen) atoms. The fourth-order valence-corrected chi connectivity index (χ4v) is 2.19. The Morgan fingerprint density at radius 2 is 1.89 bits per heavy atom. The minimum Gasteiger partial charge on any atom is -0.392 e. The number of aliphatic hydroxyl groups excluding tert-OH is 1. The topological polar surface area (TPSA) is 33.1 Å². The smallest absolute Gasteiger partial charge is 0.0622 e. The van der Waals surface area contributed by atoms with Crippen LogP contribution in [0, 0.1) is 6.92 Å². The van der Waals surface area contributed by atoms with Gasteiger partial charge in [-0.05, 0) is 36.1 Å². The van der Waals surface area contributed by atoms with Crippen LogP contribution in [-0.2, 0) is 12.8 Å². The van der Waals surface area contributed by atoms with Gasteiger partial charge < -0.3 is 5.11 Å². The summed E-state index contributed by atoms with van der Waals surface area (Å²) in [6.45, 7) is 2.06. The molecule has 0 spiro atoms. The fourth-order valence-electron chi connectivity index (χ4n) is 1.99. The summed E-state index contributed by atoms with van der Waals surface area (Å²) in [4.78, 5) is 3.94. The predicted octanol–water partition coefficient (Wildman–Crippen LogP) is 3.19. The van der Waals surface area contributed by atoms with Crippen molar-refractivity contribution in [2.45, 2.75) is 25.9 Å². The van der Waals surface area contributed by atoms with Gasteiger partial charge in [0.25, 0.3) is 0 Å². The monoisotopic (exact) mass is 261 g/mol. The van der Waals surface area contributed by atoms with E-state index in [0.29, 0.717) is 17.9 Å². The summed E-state index contributed by atoms with van der Waals surface area (Å²) in [5.41, 5.74) is 3.32. The van der Waals surface area contributed by atoms with Crippen LogP contribution in [0.3, 0.4) is 0 Å². The maximum atomic E-state index is 10.1. The van der Waals surface area contributed by atoms with Crippen molar-refractivity contribution in [1.82, 2.24) is 4.98 Å². The predicted molar refractivity (Wildman–Crippen MR) is 73.8 cm³/mol. The van der Waals surface area contributed by atoms with Crippen molar-refractivity contribution < 1.29 is 5.11 Å². The van der Waals surface area contributed by atoms with Crippen LogP contribution in [-0.4, -0.2) is 16.2 Å². The Balaban J connectivity index is 2.04. The summed E-state index contributed by atoms with van der Waals surface area (Å²) in [7, 11) is 0. The zero-order valence-corrected chi connectivity index (χ0v) is 11.1. The van der Waals surface area contributed by atoms with Crippen LogP contribution in [0.1, 0.15) is 16.7 Å². The molecule has 2 rings (SSSR count). The van der Waals surface area contributed by atoms with Gasteiger partial charge in [0.1, 0.15) is 0 Å². The normalized spacial score (nSPS) is 12.4. The van der Waals surface area contributed by atoms with Crippen molar-refractivity contribution in [3.05, 3.63) is 64.4 Å². The van der Waals surface area contributed by atoms with E-state index in [2.05, 4.69) is 18.0 Å². The highest BCUT2D eigenvalue weighted by atomic mass is 35.5. The van der Waals surface area contributed by atoms with Gasteiger partial charge in [-0.1, -0.05) is 35.9 Å². The standard InChI is InChI=1S/C15H16ClNO/c1-11-4-2-3-5-12(11)8-14(18)9-13-6-7-17-10-15(13)16/h2-7,10,14,18H,8-9H2,1H3. The van der Waals surface area contributed by atoms with Gasteiger partial charge in [-0.2, -0.15) is 0 Å². The van der Waals surface area contributed by atoms with Crippen molar-refractivity contribution in [3.8, 4) is 0 Å². The summed E-state index contributed by atoms with van der Waals surface area (Å²) >= 11 is 6.03. The van der Waals surface area contributed by atoms with E-state index >= 15 is 0 Å². The van der Waals surface area contributed by atoms with Gasteiger partial charge in [0.15, 0.2) is 0 Å². The second-order valence-electron chi connectivity index (χ2n) is 4.46. The van der Waals surface area contributed by atoms with Crippen LogP contribution in [0.4, 0.5) is 0 Å². The van der Waals surface area contributed by atoms with Crippen LogP contribution < -0.4 is 0 Å². The van der Waals surface area contributed by atoms with E-state index in [9.17, 15) is 5.11 Å². The van der Waals surface area contributed by atoms with E-state index < -0.39 is 6.10 Å². The van der Waals surface area contributed by atoms with Crippen molar-refractivity contribution in [1.29, 1.82) is 0 Å². The number of halogens is 1. The Morgan fingerprint density at radius 3 is 2.61 bits per heavy atom. The molecule has 3 heteroatoms. The summed E-state index contributed by atoms with van der Waals surface area (Å²) in [5, 5.41) is 10.7. The number of hydrogen-bond acceptors (Lipinski definition) is 2. The number of aromatic nitrogens is 1. The molecule has 2 aromatic rings. The first-order valence-corrected chi connectivity index (χ1v) is 6.35. The van der Waals surface area contributed by atoms with Gasteiger partial charge in [0, 0.05) is 18.8 Å². The molecule has 1 unspecified atom stereocenters. The SMILES string of the molecule is Cc1ccccc1CC(O)Cc1ccncc1Cl. The molecule has 0 amide bonds. The summed E-state index contributed by atoms with van der Waals surface area (Å²) < 4.78 is 0. The number of rotatable bonds is 4. The first kappa shape index (κ1) is 13.1. The molecule has 1 aromatic heterocycles. The van der Waals surface area contributed by atoms with Crippen molar-refractivity contribution >= 4 is 11.6 Å². The van der Waals surface area contributed by atoms with Gasteiger partial charge in [-0.15, -0.1) is 0 Å². The lowest BCUT2D eigenvalue weighted by Gasteiger charge is -2.13. The third-order valence-corrected chi connectivity index (χ3v) is 3.37.